The lowest BCUT2D eigenvalue weighted by atomic mass is 9.98. The molecule has 3 saturated heterocycles. The predicted molar refractivity (Wildman–Crippen MR) is 83.8 cm³/mol. The molecule has 3 rings (SSSR count). The zero-order valence-electron chi connectivity index (χ0n) is 13.7. The fourth-order valence-corrected chi connectivity index (χ4v) is 3.58. The number of amides is 3. The normalized spacial score (nSPS) is 26.1. The van der Waals surface area contributed by atoms with Gasteiger partial charge in [0, 0.05) is 45.1 Å². The zero-order valence-corrected chi connectivity index (χ0v) is 13.7. The SMILES string of the molecule is O=C1CCCN1CCCNC(=O)N1CCC[C@@H](C2OCCO2)C1. The van der Waals surface area contributed by atoms with Crippen molar-refractivity contribution in [1.29, 1.82) is 0 Å². The number of rotatable bonds is 5. The number of urea groups is 1. The Morgan fingerprint density at radius 3 is 2.78 bits per heavy atom. The molecule has 0 aliphatic carbocycles. The Morgan fingerprint density at radius 2 is 2.04 bits per heavy atom. The lowest BCUT2D eigenvalue weighted by molar-refractivity contribution is -0.127. The Hall–Kier alpha value is -1.34. The van der Waals surface area contributed by atoms with E-state index in [2.05, 4.69) is 5.32 Å². The van der Waals surface area contributed by atoms with Crippen LogP contribution in [-0.2, 0) is 14.3 Å². The molecule has 23 heavy (non-hydrogen) atoms. The summed E-state index contributed by atoms with van der Waals surface area (Å²) in [5, 5.41) is 2.97. The van der Waals surface area contributed by atoms with Crippen LogP contribution in [0.2, 0.25) is 0 Å². The number of nitrogens with zero attached hydrogens (tertiary/aromatic N) is 2. The summed E-state index contributed by atoms with van der Waals surface area (Å²) in [6.45, 7) is 5.01. The van der Waals surface area contributed by atoms with Crippen LogP contribution < -0.4 is 5.32 Å². The molecule has 3 aliphatic heterocycles. The standard InChI is InChI=1S/C16H27N3O4/c20-14-5-2-7-18(14)9-3-6-17-16(21)19-8-1-4-13(12-19)15-22-10-11-23-15/h13,15H,1-12H2,(H,17,21)/t13-/m1/s1. The van der Waals surface area contributed by atoms with Crippen molar-refractivity contribution in [3.8, 4) is 0 Å². The second kappa shape index (κ2) is 7.97. The third-order valence-electron chi connectivity index (χ3n) is 4.83. The van der Waals surface area contributed by atoms with Crippen molar-refractivity contribution in [3.63, 3.8) is 0 Å². The monoisotopic (exact) mass is 325 g/mol. The average Bonchev–Trinajstić information content (AvgIpc) is 3.23. The Morgan fingerprint density at radius 1 is 1.22 bits per heavy atom. The molecule has 7 heteroatoms. The summed E-state index contributed by atoms with van der Waals surface area (Å²) in [6.07, 6.45) is 4.34. The maximum atomic E-state index is 12.3. The Bertz CT molecular complexity index is 426. The van der Waals surface area contributed by atoms with Crippen LogP contribution in [0.1, 0.15) is 32.1 Å². The van der Waals surface area contributed by atoms with Crippen molar-refractivity contribution in [2.75, 3.05) is 45.9 Å². The summed E-state index contributed by atoms with van der Waals surface area (Å²) < 4.78 is 11.1. The molecule has 0 aromatic rings. The van der Waals surface area contributed by atoms with Crippen LogP contribution in [0.25, 0.3) is 0 Å². The van der Waals surface area contributed by atoms with Gasteiger partial charge in [-0.3, -0.25) is 4.79 Å². The van der Waals surface area contributed by atoms with Crippen molar-refractivity contribution >= 4 is 11.9 Å². The number of hydrogen-bond donors (Lipinski definition) is 1. The fourth-order valence-electron chi connectivity index (χ4n) is 3.58. The van der Waals surface area contributed by atoms with Crippen molar-refractivity contribution in [2.45, 2.75) is 38.4 Å². The van der Waals surface area contributed by atoms with Gasteiger partial charge in [0.05, 0.1) is 13.2 Å². The number of hydrogen-bond acceptors (Lipinski definition) is 4. The van der Waals surface area contributed by atoms with Gasteiger partial charge in [-0.15, -0.1) is 0 Å². The number of nitrogens with one attached hydrogen (secondary N) is 1. The minimum Gasteiger partial charge on any atom is -0.350 e. The summed E-state index contributed by atoms with van der Waals surface area (Å²) in [4.78, 5) is 27.5. The highest BCUT2D eigenvalue weighted by Crippen LogP contribution is 2.24. The highest BCUT2D eigenvalue weighted by molar-refractivity contribution is 5.78. The van der Waals surface area contributed by atoms with Crippen LogP contribution in [0, 0.1) is 5.92 Å². The van der Waals surface area contributed by atoms with E-state index in [9.17, 15) is 9.59 Å². The van der Waals surface area contributed by atoms with E-state index in [4.69, 9.17) is 9.47 Å². The Kier molecular flexibility index (Phi) is 5.72. The number of piperidine rings is 1. The minimum atomic E-state index is -0.147. The molecule has 0 aromatic heterocycles. The van der Waals surface area contributed by atoms with Crippen LogP contribution in [0.3, 0.4) is 0 Å². The summed E-state index contributed by atoms with van der Waals surface area (Å²) >= 11 is 0. The predicted octanol–water partition coefficient (Wildman–Crippen LogP) is 0.793. The smallest absolute Gasteiger partial charge is 0.317 e. The molecule has 3 fully saturated rings. The van der Waals surface area contributed by atoms with Crippen LogP contribution >= 0.6 is 0 Å². The van der Waals surface area contributed by atoms with Crippen molar-refractivity contribution in [3.05, 3.63) is 0 Å². The van der Waals surface area contributed by atoms with Gasteiger partial charge in [0.1, 0.15) is 0 Å². The molecule has 0 saturated carbocycles. The molecular formula is C16H27N3O4. The number of ether oxygens (including phenoxy) is 2. The van der Waals surface area contributed by atoms with Crippen LogP contribution in [-0.4, -0.2) is 74.0 Å². The van der Waals surface area contributed by atoms with Gasteiger partial charge >= 0.3 is 6.03 Å². The van der Waals surface area contributed by atoms with Crippen molar-refractivity contribution in [2.24, 2.45) is 5.92 Å². The molecule has 3 amide bonds. The van der Waals surface area contributed by atoms with E-state index in [1.165, 1.54) is 0 Å². The maximum Gasteiger partial charge on any atom is 0.317 e. The highest BCUT2D eigenvalue weighted by Gasteiger charge is 2.32. The molecule has 0 radical (unpaired) electrons. The van der Waals surface area contributed by atoms with E-state index in [0.717, 1.165) is 45.3 Å². The van der Waals surface area contributed by atoms with Gasteiger partial charge in [-0.25, -0.2) is 4.79 Å². The number of carbonyl (C=O) groups excluding carboxylic acids is 2. The van der Waals surface area contributed by atoms with Crippen LogP contribution in [0.4, 0.5) is 4.79 Å². The first kappa shape index (κ1) is 16.5. The third kappa shape index (κ3) is 4.35. The first-order valence-corrected chi connectivity index (χ1v) is 8.78. The van der Waals surface area contributed by atoms with E-state index >= 15 is 0 Å². The van der Waals surface area contributed by atoms with Gasteiger partial charge in [0.2, 0.25) is 5.91 Å². The van der Waals surface area contributed by atoms with E-state index in [0.29, 0.717) is 32.7 Å². The largest absolute Gasteiger partial charge is 0.350 e. The van der Waals surface area contributed by atoms with Gasteiger partial charge in [0.15, 0.2) is 6.29 Å². The second-order valence-electron chi connectivity index (χ2n) is 6.53. The number of likely N-dealkylation sites (tertiary alicyclic amines) is 2. The average molecular weight is 325 g/mol. The van der Waals surface area contributed by atoms with E-state index < -0.39 is 0 Å². The molecule has 7 nitrogen and oxygen atoms in total. The zero-order chi connectivity index (χ0) is 16.1. The summed E-state index contributed by atoms with van der Waals surface area (Å²) in [7, 11) is 0. The molecule has 130 valence electrons. The van der Waals surface area contributed by atoms with Gasteiger partial charge < -0.3 is 24.6 Å². The molecule has 1 N–H and O–H groups in total. The molecule has 0 unspecified atom stereocenters. The van der Waals surface area contributed by atoms with E-state index in [1.807, 2.05) is 9.80 Å². The minimum absolute atomic E-state index is 0.0135. The number of carbonyl (C=O) groups is 2. The van der Waals surface area contributed by atoms with Gasteiger partial charge in [-0.05, 0) is 25.7 Å². The summed E-state index contributed by atoms with van der Waals surface area (Å²) in [5.74, 6) is 0.519. The van der Waals surface area contributed by atoms with Crippen molar-refractivity contribution in [1.82, 2.24) is 15.1 Å². The molecule has 0 bridgehead atoms. The Balaban J connectivity index is 1.35. The highest BCUT2D eigenvalue weighted by atomic mass is 16.7. The molecular weight excluding hydrogens is 298 g/mol. The molecule has 0 aromatic carbocycles. The fraction of sp³-hybridized carbons (Fsp3) is 0.875. The maximum absolute atomic E-state index is 12.3. The van der Waals surface area contributed by atoms with Gasteiger partial charge in [0.25, 0.3) is 0 Å². The van der Waals surface area contributed by atoms with E-state index in [1.54, 1.807) is 0 Å². The lowest BCUT2D eigenvalue weighted by Crippen LogP contribution is -2.48. The molecule has 1 atom stereocenters. The lowest BCUT2D eigenvalue weighted by Gasteiger charge is -2.34. The van der Waals surface area contributed by atoms with Crippen LogP contribution in [0.5, 0.6) is 0 Å². The third-order valence-corrected chi connectivity index (χ3v) is 4.83. The second-order valence-corrected chi connectivity index (χ2v) is 6.53. The molecule has 3 heterocycles. The van der Waals surface area contributed by atoms with Crippen LogP contribution in [0.15, 0.2) is 0 Å². The van der Waals surface area contributed by atoms with Crippen molar-refractivity contribution < 1.29 is 19.1 Å². The van der Waals surface area contributed by atoms with Gasteiger partial charge in [-0.1, -0.05) is 0 Å². The summed E-state index contributed by atoms with van der Waals surface area (Å²) in [6, 6.07) is -0.0135. The molecule has 3 aliphatic rings. The first-order chi connectivity index (χ1) is 11.2. The quantitative estimate of drug-likeness (QED) is 0.759. The Labute approximate surface area is 137 Å². The molecule has 0 spiro atoms. The topological polar surface area (TPSA) is 71.1 Å². The summed E-state index contributed by atoms with van der Waals surface area (Å²) in [5.41, 5.74) is 0. The van der Waals surface area contributed by atoms with Gasteiger partial charge in [-0.2, -0.15) is 0 Å². The van der Waals surface area contributed by atoms with E-state index in [-0.39, 0.29) is 24.1 Å². The first-order valence-electron chi connectivity index (χ1n) is 8.78.